The van der Waals surface area contributed by atoms with Crippen molar-refractivity contribution in [2.75, 3.05) is 6.54 Å². The highest BCUT2D eigenvalue weighted by molar-refractivity contribution is 5.93. The van der Waals surface area contributed by atoms with Crippen molar-refractivity contribution in [2.45, 2.75) is 97.8 Å². The van der Waals surface area contributed by atoms with Crippen LogP contribution >= 0.6 is 0 Å². The molecule has 11 heteroatoms. The van der Waals surface area contributed by atoms with Crippen LogP contribution in [0.5, 0.6) is 0 Å². The maximum Gasteiger partial charge on any atom is 0.326 e. The summed E-state index contributed by atoms with van der Waals surface area (Å²) in [5.74, 6) is -2.81. The number of carboxylic acid groups (broad SMARTS) is 1. The molecule has 0 saturated carbocycles. The standard InChI is InChI=1S/C26H45N5O6/c1-7-16(5)21(30-26(37)31-22(25(35)36)17(6)8-2)24(34)29-19-11-9-10-14-27-20(32)13-12-18(15(3)4)28-23(19)33/h12-13,15-19,21-22H,7-11,14H2,1-6H3,(H,27,32)(H,28,33)(H,29,34)(H,35,36)(H2,30,31,37). The van der Waals surface area contributed by atoms with Gasteiger partial charge in [-0.2, -0.15) is 0 Å². The first-order chi connectivity index (χ1) is 17.4. The molecule has 210 valence electrons. The van der Waals surface area contributed by atoms with Crippen LogP contribution in [-0.2, 0) is 19.2 Å². The molecule has 0 aromatic heterocycles. The molecule has 0 aromatic rings. The Morgan fingerprint density at radius 3 is 2.16 bits per heavy atom. The SMILES string of the molecule is CCC(C)C(NC(=O)NC(C(=O)NC1CCCCNC(=O)C=CC(C(C)C)NC1=O)C(C)CC)C(=O)O. The monoisotopic (exact) mass is 523 g/mol. The van der Waals surface area contributed by atoms with E-state index in [0.717, 1.165) is 0 Å². The molecule has 0 spiro atoms. The maximum atomic E-state index is 13.3. The second-order valence-corrected chi connectivity index (χ2v) is 10.2. The number of rotatable bonds is 10. The number of amides is 5. The fraction of sp³-hybridized carbons (Fsp3) is 0.731. The van der Waals surface area contributed by atoms with E-state index < -0.39 is 42.1 Å². The van der Waals surface area contributed by atoms with Crippen LogP contribution in [0.15, 0.2) is 12.2 Å². The highest BCUT2D eigenvalue weighted by Gasteiger charge is 2.32. The highest BCUT2D eigenvalue weighted by atomic mass is 16.4. The Labute approximate surface area is 220 Å². The van der Waals surface area contributed by atoms with Gasteiger partial charge in [0.25, 0.3) is 0 Å². The van der Waals surface area contributed by atoms with E-state index in [2.05, 4.69) is 26.6 Å². The molecule has 5 amide bonds. The first kappa shape index (κ1) is 31.9. The topological polar surface area (TPSA) is 166 Å². The Kier molecular flexibility index (Phi) is 13.7. The number of carboxylic acids is 1. The molecule has 1 rings (SSSR count). The van der Waals surface area contributed by atoms with Gasteiger partial charge in [0.1, 0.15) is 18.1 Å². The summed E-state index contributed by atoms with van der Waals surface area (Å²) in [6.45, 7) is 11.5. The molecule has 0 fully saturated rings. The quantitative estimate of drug-likeness (QED) is 0.255. The second kappa shape index (κ2) is 15.9. The van der Waals surface area contributed by atoms with Crippen LogP contribution in [-0.4, -0.2) is 65.5 Å². The summed E-state index contributed by atoms with van der Waals surface area (Å²) in [6, 6.07) is -4.05. The Balaban J connectivity index is 3.04. The minimum atomic E-state index is -1.15. The molecule has 1 aliphatic rings. The van der Waals surface area contributed by atoms with Crippen molar-refractivity contribution in [1.29, 1.82) is 0 Å². The summed E-state index contributed by atoms with van der Waals surface area (Å²) in [4.78, 5) is 62.7. The molecule has 37 heavy (non-hydrogen) atoms. The Bertz CT molecular complexity index is 830. The average Bonchev–Trinajstić information content (AvgIpc) is 2.84. The van der Waals surface area contributed by atoms with Crippen molar-refractivity contribution >= 4 is 29.7 Å². The van der Waals surface area contributed by atoms with Gasteiger partial charge in [0, 0.05) is 18.7 Å². The number of carbonyl (C=O) groups is 5. The lowest BCUT2D eigenvalue weighted by Crippen LogP contribution is -2.59. The number of aliphatic carboxylic acids is 1. The van der Waals surface area contributed by atoms with E-state index in [1.54, 1.807) is 19.9 Å². The van der Waals surface area contributed by atoms with E-state index in [9.17, 15) is 29.1 Å². The Morgan fingerprint density at radius 1 is 1.00 bits per heavy atom. The van der Waals surface area contributed by atoms with E-state index in [1.165, 1.54) is 6.08 Å². The summed E-state index contributed by atoms with van der Waals surface area (Å²) in [7, 11) is 0. The number of urea groups is 1. The third-order valence-electron chi connectivity index (χ3n) is 6.88. The zero-order valence-corrected chi connectivity index (χ0v) is 22.9. The van der Waals surface area contributed by atoms with Crippen LogP contribution in [0.25, 0.3) is 0 Å². The number of hydrogen-bond donors (Lipinski definition) is 6. The average molecular weight is 524 g/mol. The lowest BCUT2D eigenvalue weighted by molar-refractivity contribution is -0.140. The summed E-state index contributed by atoms with van der Waals surface area (Å²) in [5, 5.41) is 23.1. The minimum absolute atomic E-state index is 0.0122. The fourth-order valence-electron chi connectivity index (χ4n) is 3.88. The van der Waals surface area contributed by atoms with E-state index in [1.807, 2.05) is 27.7 Å². The van der Waals surface area contributed by atoms with Gasteiger partial charge in [-0.3, -0.25) is 14.4 Å². The molecular formula is C26H45N5O6. The van der Waals surface area contributed by atoms with Gasteiger partial charge in [0.2, 0.25) is 17.7 Å². The third-order valence-corrected chi connectivity index (χ3v) is 6.88. The lowest BCUT2D eigenvalue weighted by atomic mass is 9.97. The van der Waals surface area contributed by atoms with E-state index >= 15 is 0 Å². The van der Waals surface area contributed by atoms with Crippen molar-refractivity contribution in [3.63, 3.8) is 0 Å². The van der Waals surface area contributed by atoms with Gasteiger partial charge in [0.15, 0.2) is 0 Å². The first-order valence-corrected chi connectivity index (χ1v) is 13.3. The van der Waals surface area contributed by atoms with Crippen LogP contribution in [0.2, 0.25) is 0 Å². The molecule has 0 aromatic carbocycles. The Hall–Kier alpha value is -3.11. The van der Waals surface area contributed by atoms with Gasteiger partial charge >= 0.3 is 12.0 Å². The minimum Gasteiger partial charge on any atom is -0.480 e. The highest BCUT2D eigenvalue weighted by Crippen LogP contribution is 2.12. The number of carbonyl (C=O) groups excluding carboxylic acids is 4. The lowest BCUT2D eigenvalue weighted by Gasteiger charge is -2.29. The van der Waals surface area contributed by atoms with Crippen LogP contribution in [0, 0.1) is 17.8 Å². The molecule has 1 aliphatic heterocycles. The second-order valence-electron chi connectivity index (χ2n) is 10.2. The van der Waals surface area contributed by atoms with Gasteiger partial charge in [0.05, 0.1) is 0 Å². The van der Waals surface area contributed by atoms with Crippen molar-refractivity contribution in [3.05, 3.63) is 12.2 Å². The molecule has 11 nitrogen and oxygen atoms in total. The first-order valence-electron chi connectivity index (χ1n) is 13.3. The summed E-state index contributed by atoms with van der Waals surface area (Å²) >= 11 is 0. The third kappa shape index (κ3) is 10.8. The predicted molar refractivity (Wildman–Crippen MR) is 140 cm³/mol. The van der Waals surface area contributed by atoms with Gasteiger partial charge in [-0.05, 0) is 37.0 Å². The van der Waals surface area contributed by atoms with E-state index in [4.69, 9.17) is 0 Å². The molecule has 0 saturated heterocycles. The van der Waals surface area contributed by atoms with Gasteiger partial charge in [-0.15, -0.1) is 0 Å². The largest absolute Gasteiger partial charge is 0.480 e. The molecule has 6 atom stereocenters. The molecule has 6 N–H and O–H groups in total. The molecule has 0 aliphatic carbocycles. The predicted octanol–water partition coefficient (Wildman–Crippen LogP) is 1.68. The van der Waals surface area contributed by atoms with Crippen LogP contribution in [0.4, 0.5) is 4.79 Å². The number of hydrogen-bond acceptors (Lipinski definition) is 5. The number of nitrogens with one attached hydrogen (secondary N) is 5. The molecule has 0 radical (unpaired) electrons. The molecule has 0 bridgehead atoms. The summed E-state index contributed by atoms with van der Waals surface area (Å²) in [5.41, 5.74) is 0. The van der Waals surface area contributed by atoms with Gasteiger partial charge < -0.3 is 31.7 Å². The van der Waals surface area contributed by atoms with Crippen LogP contribution < -0.4 is 26.6 Å². The van der Waals surface area contributed by atoms with Crippen molar-refractivity contribution in [1.82, 2.24) is 26.6 Å². The summed E-state index contributed by atoms with van der Waals surface area (Å²) in [6.07, 6.45) is 5.76. The Morgan fingerprint density at radius 2 is 1.59 bits per heavy atom. The van der Waals surface area contributed by atoms with Crippen LogP contribution in [0.1, 0.15) is 73.6 Å². The van der Waals surface area contributed by atoms with E-state index in [0.29, 0.717) is 38.6 Å². The summed E-state index contributed by atoms with van der Waals surface area (Å²) < 4.78 is 0. The zero-order chi connectivity index (χ0) is 28.1. The van der Waals surface area contributed by atoms with Gasteiger partial charge in [-0.1, -0.05) is 60.5 Å². The normalized spacial score (nSPS) is 22.2. The zero-order valence-electron chi connectivity index (χ0n) is 22.9. The van der Waals surface area contributed by atoms with Crippen molar-refractivity contribution in [3.8, 4) is 0 Å². The molecule has 1 heterocycles. The van der Waals surface area contributed by atoms with Gasteiger partial charge in [-0.25, -0.2) is 9.59 Å². The fourth-order valence-corrected chi connectivity index (χ4v) is 3.88. The molecular weight excluding hydrogens is 478 g/mol. The maximum absolute atomic E-state index is 13.3. The molecule has 6 unspecified atom stereocenters. The van der Waals surface area contributed by atoms with Crippen molar-refractivity contribution in [2.24, 2.45) is 17.8 Å². The smallest absolute Gasteiger partial charge is 0.326 e. The van der Waals surface area contributed by atoms with Crippen LogP contribution in [0.3, 0.4) is 0 Å². The van der Waals surface area contributed by atoms with E-state index in [-0.39, 0.29) is 29.6 Å². The van der Waals surface area contributed by atoms with Crippen molar-refractivity contribution < 1.29 is 29.1 Å².